The highest BCUT2D eigenvalue weighted by Crippen LogP contribution is 2.56. The van der Waals surface area contributed by atoms with Gasteiger partial charge in [-0.05, 0) is 69.3 Å². The van der Waals surface area contributed by atoms with Crippen molar-refractivity contribution < 1.29 is 0 Å². The molecule has 0 amide bonds. The smallest absolute Gasteiger partial charge is 0.111 e. The molecule has 3 aliphatic carbocycles. The van der Waals surface area contributed by atoms with E-state index in [2.05, 4.69) is 165 Å². The first kappa shape index (κ1) is 23.9. The lowest BCUT2D eigenvalue weighted by atomic mass is 9.66. The molecule has 0 saturated carbocycles. The number of rotatable bonds is 4. The molecule has 41 heavy (non-hydrogen) atoms. The molecule has 0 heterocycles. The highest BCUT2D eigenvalue weighted by molar-refractivity contribution is 5.93. The van der Waals surface area contributed by atoms with Crippen LogP contribution in [-0.2, 0) is 10.8 Å². The van der Waals surface area contributed by atoms with Gasteiger partial charge in [-0.25, -0.2) is 0 Å². The first-order chi connectivity index (χ1) is 20.1. The van der Waals surface area contributed by atoms with Crippen molar-refractivity contribution in [1.82, 2.24) is 0 Å². The predicted molar refractivity (Wildman–Crippen MR) is 170 cm³/mol. The summed E-state index contributed by atoms with van der Waals surface area (Å²) in [4.78, 5) is 0. The van der Waals surface area contributed by atoms with Crippen molar-refractivity contribution in [3.63, 3.8) is 0 Å². The number of anilines is 2. The van der Waals surface area contributed by atoms with E-state index in [1.54, 1.807) is 0 Å². The van der Waals surface area contributed by atoms with E-state index in [0.717, 1.165) is 11.4 Å². The van der Waals surface area contributed by atoms with Crippen molar-refractivity contribution in [2.24, 2.45) is 0 Å². The second-order valence-electron chi connectivity index (χ2n) is 11.8. The summed E-state index contributed by atoms with van der Waals surface area (Å²) in [5.41, 5.74) is 14.9. The summed E-state index contributed by atoms with van der Waals surface area (Å²) in [6, 6.07) is 44.4. The van der Waals surface area contributed by atoms with Gasteiger partial charge in [0.15, 0.2) is 0 Å². The average Bonchev–Trinajstić information content (AvgIpc) is 3.45. The standard InChI is InChI=1S/C40H30N/c1-39(2)35-20-9-6-17-31(35)34-24-23-30(26-38(34)39)41-29-16-12-15-28(25-29)40(27-13-4-3-5-14-27)36-21-10-7-18-32(36)33-19-8-11-22-37(33)40/h3-7,9-26,41H,1-2H3/q+1. The van der Waals surface area contributed by atoms with Crippen LogP contribution in [0.25, 0.3) is 16.7 Å². The molecule has 1 N–H and O–H groups in total. The second kappa shape index (κ2) is 8.77. The molecule has 1 unspecified atom stereocenters. The molecule has 0 aliphatic heterocycles. The van der Waals surface area contributed by atoms with Crippen molar-refractivity contribution >= 4 is 16.9 Å². The van der Waals surface area contributed by atoms with Gasteiger partial charge in [0.2, 0.25) is 0 Å². The van der Waals surface area contributed by atoms with Crippen LogP contribution in [0.2, 0.25) is 0 Å². The predicted octanol–water partition coefficient (Wildman–Crippen LogP) is 9.77. The summed E-state index contributed by atoms with van der Waals surface area (Å²) >= 11 is 0. The Balaban J connectivity index is 1.26. The van der Waals surface area contributed by atoms with E-state index in [-0.39, 0.29) is 5.41 Å². The number of nitrogens with one attached hydrogen (secondary N) is 1. The lowest BCUT2D eigenvalue weighted by Gasteiger charge is -2.32. The molecule has 0 fully saturated rings. The molecule has 5 aromatic rings. The van der Waals surface area contributed by atoms with E-state index >= 15 is 0 Å². The quantitative estimate of drug-likeness (QED) is 0.231. The van der Waals surface area contributed by atoms with Crippen LogP contribution in [0.3, 0.4) is 0 Å². The molecule has 0 saturated heterocycles. The van der Waals surface area contributed by atoms with Crippen LogP contribution in [-0.4, -0.2) is 0 Å². The lowest BCUT2D eigenvalue weighted by molar-refractivity contribution is 0.660. The molecule has 0 aromatic heterocycles. The Morgan fingerprint density at radius 3 is 2.10 bits per heavy atom. The molecule has 0 spiro atoms. The molecule has 1 heteroatoms. The third kappa shape index (κ3) is 3.34. The first-order valence-electron chi connectivity index (χ1n) is 14.4. The van der Waals surface area contributed by atoms with Gasteiger partial charge in [-0.1, -0.05) is 105 Å². The summed E-state index contributed by atoms with van der Waals surface area (Å²) < 4.78 is 0. The van der Waals surface area contributed by atoms with Crippen LogP contribution in [0, 0.1) is 6.08 Å². The second-order valence-corrected chi connectivity index (χ2v) is 11.8. The van der Waals surface area contributed by atoms with Crippen LogP contribution in [0.1, 0.15) is 47.2 Å². The third-order valence-electron chi connectivity index (χ3n) is 9.26. The fourth-order valence-corrected chi connectivity index (χ4v) is 7.43. The molecule has 1 atom stereocenters. The normalized spacial score (nSPS) is 18.8. The first-order valence-corrected chi connectivity index (χ1v) is 14.4. The molecule has 0 bridgehead atoms. The summed E-state index contributed by atoms with van der Waals surface area (Å²) in [6.07, 6.45) is 9.79. The molecular formula is C40H30N+. The van der Waals surface area contributed by atoms with E-state index < -0.39 is 5.41 Å². The van der Waals surface area contributed by atoms with Gasteiger partial charge in [0, 0.05) is 28.4 Å². The van der Waals surface area contributed by atoms with Gasteiger partial charge in [0.25, 0.3) is 0 Å². The number of allylic oxidation sites excluding steroid dienone is 6. The van der Waals surface area contributed by atoms with E-state index in [0.29, 0.717) is 0 Å². The summed E-state index contributed by atoms with van der Waals surface area (Å²) in [7, 11) is 0. The zero-order valence-electron chi connectivity index (χ0n) is 23.3. The Bertz CT molecular complexity index is 1940. The topological polar surface area (TPSA) is 12.0 Å². The van der Waals surface area contributed by atoms with E-state index in [1.807, 2.05) is 0 Å². The Labute approximate surface area is 242 Å². The molecular weight excluding hydrogens is 494 g/mol. The number of benzene rings is 5. The molecule has 1 nitrogen and oxygen atoms in total. The number of hydrogen-bond donors (Lipinski definition) is 1. The van der Waals surface area contributed by atoms with Gasteiger partial charge in [0.05, 0.1) is 22.6 Å². The summed E-state index contributed by atoms with van der Waals surface area (Å²) in [5.74, 6) is 0. The Morgan fingerprint density at radius 1 is 0.561 bits per heavy atom. The minimum atomic E-state index is -0.415. The Morgan fingerprint density at radius 2 is 1.24 bits per heavy atom. The largest absolute Gasteiger partial charge is 0.356 e. The highest BCUT2D eigenvalue weighted by Gasteiger charge is 2.51. The van der Waals surface area contributed by atoms with Crippen LogP contribution < -0.4 is 5.32 Å². The van der Waals surface area contributed by atoms with Crippen LogP contribution in [0.4, 0.5) is 11.4 Å². The highest BCUT2D eigenvalue weighted by atomic mass is 14.9. The maximum atomic E-state index is 3.77. The molecule has 0 radical (unpaired) electrons. The number of hydrogen-bond acceptors (Lipinski definition) is 1. The van der Waals surface area contributed by atoms with Crippen molar-refractivity contribution in [3.8, 4) is 11.1 Å². The van der Waals surface area contributed by atoms with E-state index in [4.69, 9.17) is 0 Å². The van der Waals surface area contributed by atoms with Gasteiger partial charge >= 0.3 is 0 Å². The van der Waals surface area contributed by atoms with Crippen LogP contribution in [0.5, 0.6) is 0 Å². The Kier molecular flexibility index (Phi) is 5.10. The van der Waals surface area contributed by atoms with E-state index in [1.165, 1.54) is 55.7 Å². The molecule has 3 aliphatic rings. The zero-order valence-corrected chi connectivity index (χ0v) is 23.3. The van der Waals surface area contributed by atoms with Gasteiger partial charge in [-0.15, -0.1) is 0 Å². The molecule has 194 valence electrons. The summed E-state index contributed by atoms with van der Waals surface area (Å²) in [6.45, 7) is 4.66. The van der Waals surface area contributed by atoms with Crippen LogP contribution >= 0.6 is 0 Å². The average molecular weight is 525 g/mol. The fourth-order valence-electron chi connectivity index (χ4n) is 7.43. The molecule has 8 rings (SSSR count). The van der Waals surface area contributed by atoms with Gasteiger partial charge in [-0.3, -0.25) is 0 Å². The zero-order chi connectivity index (χ0) is 27.6. The van der Waals surface area contributed by atoms with Gasteiger partial charge in [-0.2, -0.15) is 0 Å². The van der Waals surface area contributed by atoms with E-state index in [9.17, 15) is 0 Å². The van der Waals surface area contributed by atoms with Gasteiger partial charge in [0.1, 0.15) is 12.2 Å². The summed E-state index contributed by atoms with van der Waals surface area (Å²) in [5, 5.41) is 3.77. The third-order valence-corrected chi connectivity index (χ3v) is 9.26. The van der Waals surface area contributed by atoms with Crippen molar-refractivity contribution in [2.45, 2.75) is 24.7 Å². The van der Waals surface area contributed by atoms with Crippen LogP contribution in [0.15, 0.2) is 145 Å². The lowest BCUT2D eigenvalue weighted by Crippen LogP contribution is -2.29. The molecule has 5 aromatic carbocycles. The number of fused-ring (bicyclic) bond motifs is 5. The maximum absolute atomic E-state index is 3.77. The minimum Gasteiger partial charge on any atom is -0.356 e. The maximum Gasteiger partial charge on any atom is 0.111 e. The van der Waals surface area contributed by atoms with Crippen molar-refractivity contribution in [3.05, 3.63) is 185 Å². The Hall–Kier alpha value is -4.97. The SMILES string of the molecule is CC1(C)c2ccccc2-c2ccc(Nc3cccc(C4(c5ccccc5)C5=C(C=[C+]C=C5)c5ccccc54)c3)cc21. The monoisotopic (exact) mass is 524 g/mol. The van der Waals surface area contributed by atoms with Gasteiger partial charge < -0.3 is 5.32 Å². The van der Waals surface area contributed by atoms with Crippen molar-refractivity contribution in [2.75, 3.05) is 5.32 Å². The van der Waals surface area contributed by atoms with Crippen molar-refractivity contribution in [1.29, 1.82) is 0 Å². The minimum absolute atomic E-state index is 0.0306. The fraction of sp³-hybridized carbons (Fsp3) is 0.100.